The first kappa shape index (κ1) is 9.43. The highest BCUT2D eigenvalue weighted by Gasteiger charge is 2.03. The van der Waals surface area contributed by atoms with Crippen LogP contribution in [0.1, 0.15) is 0 Å². The largest absolute Gasteiger partial charge is 0.339 e. The maximum atomic E-state index is 5.84. The van der Waals surface area contributed by atoms with Crippen molar-refractivity contribution >= 4 is 22.6 Å². The third kappa shape index (κ3) is 1.57. The number of fused-ring (bicyclic) bond motifs is 1. The Labute approximate surface area is 97.9 Å². The maximum Gasteiger partial charge on any atom is 0.139 e. The van der Waals surface area contributed by atoms with E-state index in [2.05, 4.69) is 28.2 Å². The van der Waals surface area contributed by atoms with Gasteiger partial charge in [-0.15, -0.1) is 0 Å². The van der Waals surface area contributed by atoms with Crippen LogP contribution in [0.2, 0.25) is 5.15 Å². The summed E-state index contributed by atoms with van der Waals surface area (Å²) in [7, 11) is 0. The van der Waals surface area contributed by atoms with E-state index in [-0.39, 0.29) is 0 Å². The Kier molecular flexibility index (Phi) is 2.15. The van der Waals surface area contributed by atoms with Gasteiger partial charge < -0.3 is 4.98 Å². The summed E-state index contributed by atoms with van der Waals surface area (Å²) in [4.78, 5) is 7.49. The number of halogens is 1. The fraction of sp³-hybridized carbons (Fsp3) is 0. The molecule has 3 heteroatoms. The van der Waals surface area contributed by atoms with E-state index in [1.165, 1.54) is 0 Å². The standard InChI is InChI=1S/C13H9ClN2/c14-12-7-6-10-8-11(15-13(10)16-12)9-4-2-1-3-5-9/h1-8H,(H,15,16). The van der Waals surface area contributed by atoms with Gasteiger partial charge in [0.1, 0.15) is 10.8 Å². The Balaban J connectivity index is 2.19. The molecule has 0 fully saturated rings. The molecular formula is C13H9ClN2. The molecule has 0 aliphatic rings. The van der Waals surface area contributed by atoms with Crippen LogP contribution in [-0.2, 0) is 0 Å². The van der Waals surface area contributed by atoms with Gasteiger partial charge in [-0.2, -0.15) is 0 Å². The van der Waals surface area contributed by atoms with Crippen LogP contribution in [0.5, 0.6) is 0 Å². The van der Waals surface area contributed by atoms with Crippen molar-refractivity contribution in [3.8, 4) is 11.3 Å². The van der Waals surface area contributed by atoms with Crippen molar-refractivity contribution in [1.29, 1.82) is 0 Å². The van der Waals surface area contributed by atoms with Crippen molar-refractivity contribution in [2.24, 2.45) is 0 Å². The number of rotatable bonds is 1. The van der Waals surface area contributed by atoms with Gasteiger partial charge in [-0.25, -0.2) is 4.98 Å². The third-order valence-electron chi connectivity index (χ3n) is 2.53. The molecule has 3 rings (SSSR count). The molecule has 2 heterocycles. The fourth-order valence-electron chi connectivity index (χ4n) is 1.76. The van der Waals surface area contributed by atoms with Crippen LogP contribution in [0.25, 0.3) is 22.3 Å². The van der Waals surface area contributed by atoms with Gasteiger partial charge in [-0.1, -0.05) is 41.9 Å². The number of pyridine rings is 1. The molecule has 0 unspecified atom stereocenters. The van der Waals surface area contributed by atoms with Gasteiger partial charge in [0.2, 0.25) is 0 Å². The predicted octanol–water partition coefficient (Wildman–Crippen LogP) is 3.88. The van der Waals surface area contributed by atoms with E-state index in [9.17, 15) is 0 Å². The van der Waals surface area contributed by atoms with Gasteiger partial charge >= 0.3 is 0 Å². The summed E-state index contributed by atoms with van der Waals surface area (Å²) in [5.41, 5.74) is 3.04. The molecule has 3 aromatic rings. The van der Waals surface area contributed by atoms with Gasteiger partial charge in [0, 0.05) is 11.1 Å². The topological polar surface area (TPSA) is 28.7 Å². The molecule has 0 spiro atoms. The summed E-state index contributed by atoms with van der Waals surface area (Å²) < 4.78 is 0. The van der Waals surface area contributed by atoms with E-state index < -0.39 is 0 Å². The summed E-state index contributed by atoms with van der Waals surface area (Å²) in [6.07, 6.45) is 0. The lowest BCUT2D eigenvalue weighted by molar-refractivity contribution is 1.32. The second-order valence-electron chi connectivity index (χ2n) is 3.62. The smallest absolute Gasteiger partial charge is 0.139 e. The average molecular weight is 229 g/mol. The zero-order valence-electron chi connectivity index (χ0n) is 8.44. The molecule has 1 N–H and O–H groups in total. The van der Waals surface area contributed by atoms with E-state index in [0.29, 0.717) is 5.15 Å². The van der Waals surface area contributed by atoms with E-state index in [1.54, 1.807) is 6.07 Å². The monoisotopic (exact) mass is 228 g/mol. The molecule has 0 amide bonds. The third-order valence-corrected chi connectivity index (χ3v) is 2.74. The SMILES string of the molecule is Clc1ccc2cc(-c3ccccc3)[nH]c2n1. The molecule has 78 valence electrons. The predicted molar refractivity (Wildman–Crippen MR) is 66.5 cm³/mol. The molecule has 16 heavy (non-hydrogen) atoms. The molecular weight excluding hydrogens is 220 g/mol. The summed E-state index contributed by atoms with van der Waals surface area (Å²) in [6, 6.07) is 16.0. The molecule has 2 aromatic heterocycles. The van der Waals surface area contributed by atoms with Crippen LogP contribution in [0, 0.1) is 0 Å². The Morgan fingerprint density at radius 1 is 1.00 bits per heavy atom. The van der Waals surface area contributed by atoms with E-state index in [0.717, 1.165) is 22.3 Å². The van der Waals surface area contributed by atoms with Gasteiger partial charge in [0.05, 0.1) is 0 Å². The quantitative estimate of drug-likeness (QED) is 0.629. The maximum absolute atomic E-state index is 5.84. The highest BCUT2D eigenvalue weighted by Crippen LogP contribution is 2.23. The molecule has 1 aromatic carbocycles. The van der Waals surface area contributed by atoms with E-state index in [4.69, 9.17) is 11.6 Å². The Hall–Kier alpha value is -1.80. The van der Waals surface area contributed by atoms with Gasteiger partial charge in [0.15, 0.2) is 0 Å². The molecule has 0 atom stereocenters. The Bertz CT molecular complexity index is 629. The zero-order chi connectivity index (χ0) is 11.0. The Morgan fingerprint density at radius 2 is 1.81 bits per heavy atom. The average Bonchev–Trinajstić information content (AvgIpc) is 2.73. The lowest BCUT2D eigenvalue weighted by Crippen LogP contribution is -1.77. The number of benzene rings is 1. The highest BCUT2D eigenvalue weighted by molar-refractivity contribution is 6.29. The van der Waals surface area contributed by atoms with Crippen LogP contribution in [-0.4, -0.2) is 9.97 Å². The first-order chi connectivity index (χ1) is 7.83. The summed E-state index contributed by atoms with van der Waals surface area (Å²) >= 11 is 5.84. The number of aromatic nitrogens is 2. The van der Waals surface area contributed by atoms with Crippen molar-refractivity contribution in [3.05, 3.63) is 53.7 Å². The van der Waals surface area contributed by atoms with Crippen LogP contribution in [0.15, 0.2) is 48.5 Å². The second kappa shape index (κ2) is 3.65. The normalized spacial score (nSPS) is 10.8. The Morgan fingerprint density at radius 3 is 2.62 bits per heavy atom. The first-order valence-corrected chi connectivity index (χ1v) is 5.41. The lowest BCUT2D eigenvalue weighted by atomic mass is 10.1. The fourth-order valence-corrected chi connectivity index (χ4v) is 1.90. The van der Waals surface area contributed by atoms with Crippen molar-refractivity contribution in [2.75, 3.05) is 0 Å². The minimum Gasteiger partial charge on any atom is -0.339 e. The molecule has 0 bridgehead atoms. The summed E-state index contributed by atoms with van der Waals surface area (Å²) in [5, 5.41) is 1.58. The number of hydrogen-bond donors (Lipinski definition) is 1. The highest BCUT2D eigenvalue weighted by atomic mass is 35.5. The van der Waals surface area contributed by atoms with Crippen molar-refractivity contribution in [2.45, 2.75) is 0 Å². The minimum atomic E-state index is 0.508. The molecule has 0 saturated heterocycles. The van der Waals surface area contributed by atoms with Crippen LogP contribution in [0.4, 0.5) is 0 Å². The number of aromatic amines is 1. The zero-order valence-corrected chi connectivity index (χ0v) is 9.20. The van der Waals surface area contributed by atoms with Crippen LogP contribution >= 0.6 is 11.6 Å². The van der Waals surface area contributed by atoms with E-state index in [1.807, 2.05) is 24.3 Å². The molecule has 0 radical (unpaired) electrons. The second-order valence-corrected chi connectivity index (χ2v) is 4.01. The number of nitrogens with one attached hydrogen (secondary N) is 1. The van der Waals surface area contributed by atoms with E-state index >= 15 is 0 Å². The summed E-state index contributed by atoms with van der Waals surface area (Å²) in [6.45, 7) is 0. The molecule has 2 nitrogen and oxygen atoms in total. The van der Waals surface area contributed by atoms with Crippen LogP contribution in [0.3, 0.4) is 0 Å². The van der Waals surface area contributed by atoms with Crippen LogP contribution < -0.4 is 0 Å². The molecule has 0 saturated carbocycles. The molecule has 0 aliphatic heterocycles. The van der Waals surface area contributed by atoms with Crippen molar-refractivity contribution < 1.29 is 0 Å². The number of hydrogen-bond acceptors (Lipinski definition) is 1. The first-order valence-electron chi connectivity index (χ1n) is 5.03. The molecule has 0 aliphatic carbocycles. The minimum absolute atomic E-state index is 0.508. The van der Waals surface area contributed by atoms with Gasteiger partial charge in [0.25, 0.3) is 0 Å². The van der Waals surface area contributed by atoms with Gasteiger partial charge in [-0.3, -0.25) is 0 Å². The lowest BCUT2D eigenvalue weighted by Gasteiger charge is -1.94. The number of nitrogens with zero attached hydrogens (tertiary/aromatic N) is 1. The van der Waals surface area contributed by atoms with Crippen molar-refractivity contribution in [3.63, 3.8) is 0 Å². The summed E-state index contributed by atoms with van der Waals surface area (Å²) in [5.74, 6) is 0. The van der Waals surface area contributed by atoms with Crippen molar-refractivity contribution in [1.82, 2.24) is 9.97 Å². The van der Waals surface area contributed by atoms with Gasteiger partial charge in [-0.05, 0) is 23.8 Å². The number of H-pyrrole nitrogens is 1.